The van der Waals surface area contributed by atoms with Crippen LogP contribution >= 0.6 is 0 Å². The second-order valence-electron chi connectivity index (χ2n) is 4.83. The van der Waals surface area contributed by atoms with Crippen LogP contribution in [0.4, 0.5) is 0 Å². The molecule has 3 nitrogen and oxygen atoms in total. The average Bonchev–Trinajstić information content (AvgIpc) is 2.56. The van der Waals surface area contributed by atoms with Gasteiger partial charge in [0.05, 0.1) is 5.52 Å². The van der Waals surface area contributed by atoms with Crippen LogP contribution in [0.5, 0.6) is 5.75 Å². The van der Waals surface area contributed by atoms with Crippen LogP contribution in [-0.2, 0) is 6.54 Å². The van der Waals surface area contributed by atoms with E-state index in [1.165, 1.54) is 10.9 Å². The van der Waals surface area contributed by atoms with Gasteiger partial charge in [0.1, 0.15) is 12.4 Å². The molecule has 3 heteroatoms. The van der Waals surface area contributed by atoms with Crippen molar-refractivity contribution in [2.75, 3.05) is 13.2 Å². The Balaban J connectivity index is 1.51. The number of aromatic nitrogens is 1. The van der Waals surface area contributed by atoms with Crippen molar-refractivity contribution in [3.05, 3.63) is 72.4 Å². The Morgan fingerprint density at radius 2 is 1.71 bits per heavy atom. The molecule has 0 spiro atoms. The van der Waals surface area contributed by atoms with E-state index in [0.717, 1.165) is 24.4 Å². The first kappa shape index (κ1) is 13.6. The first-order valence-electron chi connectivity index (χ1n) is 7.15. The molecular weight excluding hydrogens is 260 g/mol. The first-order chi connectivity index (χ1) is 10.4. The summed E-state index contributed by atoms with van der Waals surface area (Å²) in [4.78, 5) is 4.37. The Morgan fingerprint density at radius 1 is 0.905 bits per heavy atom. The van der Waals surface area contributed by atoms with Gasteiger partial charge in [0.25, 0.3) is 0 Å². The molecular formula is C18H18N2O. The van der Waals surface area contributed by atoms with E-state index >= 15 is 0 Å². The van der Waals surface area contributed by atoms with Gasteiger partial charge < -0.3 is 10.1 Å². The zero-order valence-corrected chi connectivity index (χ0v) is 11.8. The summed E-state index contributed by atoms with van der Waals surface area (Å²) in [5, 5.41) is 4.62. The number of nitrogens with zero attached hydrogens (tertiary/aromatic N) is 1. The largest absolute Gasteiger partial charge is 0.492 e. The maximum atomic E-state index is 5.66. The van der Waals surface area contributed by atoms with Gasteiger partial charge in [-0.05, 0) is 29.8 Å². The predicted molar refractivity (Wildman–Crippen MR) is 85.4 cm³/mol. The van der Waals surface area contributed by atoms with Crippen molar-refractivity contribution in [2.45, 2.75) is 6.54 Å². The molecule has 3 rings (SSSR count). The minimum atomic E-state index is 0.660. The molecule has 0 aliphatic carbocycles. The molecule has 0 bridgehead atoms. The molecule has 0 aliphatic rings. The van der Waals surface area contributed by atoms with Crippen LogP contribution in [0.25, 0.3) is 10.9 Å². The normalized spacial score (nSPS) is 10.7. The molecule has 1 aromatic heterocycles. The molecule has 21 heavy (non-hydrogen) atoms. The Morgan fingerprint density at radius 3 is 2.62 bits per heavy atom. The highest BCUT2D eigenvalue weighted by molar-refractivity contribution is 5.81. The standard InChI is InChI=1S/C18H18N2O/c1-2-6-16(7-3-1)21-13-12-19-14-15-10-11-20-18-9-5-4-8-17(15)18/h1-11,19H,12-14H2. The maximum absolute atomic E-state index is 5.66. The molecule has 0 fully saturated rings. The molecule has 106 valence electrons. The van der Waals surface area contributed by atoms with Crippen LogP contribution < -0.4 is 10.1 Å². The molecule has 3 aromatic rings. The van der Waals surface area contributed by atoms with Crippen LogP contribution in [0.2, 0.25) is 0 Å². The number of para-hydroxylation sites is 2. The van der Waals surface area contributed by atoms with Gasteiger partial charge in [0, 0.05) is 24.7 Å². The van der Waals surface area contributed by atoms with Crippen LogP contribution in [-0.4, -0.2) is 18.1 Å². The van der Waals surface area contributed by atoms with Crippen LogP contribution in [0.1, 0.15) is 5.56 Å². The molecule has 2 aromatic carbocycles. The second kappa shape index (κ2) is 6.86. The fourth-order valence-corrected chi connectivity index (χ4v) is 2.29. The van der Waals surface area contributed by atoms with Crippen molar-refractivity contribution in [1.82, 2.24) is 10.3 Å². The third kappa shape index (κ3) is 3.58. The highest BCUT2D eigenvalue weighted by Crippen LogP contribution is 2.15. The monoisotopic (exact) mass is 278 g/mol. The molecule has 0 radical (unpaired) electrons. The summed E-state index contributed by atoms with van der Waals surface area (Å²) in [7, 11) is 0. The quantitative estimate of drug-likeness (QED) is 0.702. The number of nitrogens with one attached hydrogen (secondary N) is 1. The van der Waals surface area contributed by atoms with Crippen molar-refractivity contribution >= 4 is 10.9 Å². The van der Waals surface area contributed by atoms with E-state index in [1.807, 2.05) is 54.7 Å². The lowest BCUT2D eigenvalue weighted by Crippen LogP contribution is -2.20. The number of hydrogen-bond donors (Lipinski definition) is 1. The summed E-state index contributed by atoms with van der Waals surface area (Å²) in [5.74, 6) is 0.911. The van der Waals surface area contributed by atoms with E-state index in [9.17, 15) is 0 Å². The fourth-order valence-electron chi connectivity index (χ4n) is 2.29. The number of benzene rings is 2. The minimum absolute atomic E-state index is 0.660. The third-order valence-electron chi connectivity index (χ3n) is 3.35. The van der Waals surface area contributed by atoms with Gasteiger partial charge in [-0.2, -0.15) is 0 Å². The average molecular weight is 278 g/mol. The van der Waals surface area contributed by atoms with E-state index in [0.29, 0.717) is 6.61 Å². The van der Waals surface area contributed by atoms with E-state index in [4.69, 9.17) is 4.74 Å². The molecule has 1 N–H and O–H groups in total. The summed E-state index contributed by atoms with van der Waals surface area (Å²) in [6, 6.07) is 20.2. The van der Waals surface area contributed by atoms with Crippen LogP contribution in [0.3, 0.4) is 0 Å². The van der Waals surface area contributed by atoms with Crippen molar-refractivity contribution in [1.29, 1.82) is 0 Å². The fraction of sp³-hybridized carbons (Fsp3) is 0.167. The Hall–Kier alpha value is -2.39. The number of hydrogen-bond acceptors (Lipinski definition) is 3. The van der Waals surface area contributed by atoms with Crippen molar-refractivity contribution in [3.8, 4) is 5.75 Å². The van der Waals surface area contributed by atoms with E-state index in [1.54, 1.807) is 0 Å². The van der Waals surface area contributed by atoms with Gasteiger partial charge in [0.2, 0.25) is 0 Å². The maximum Gasteiger partial charge on any atom is 0.119 e. The van der Waals surface area contributed by atoms with E-state index in [2.05, 4.69) is 22.4 Å². The van der Waals surface area contributed by atoms with Crippen molar-refractivity contribution in [2.24, 2.45) is 0 Å². The summed E-state index contributed by atoms with van der Waals surface area (Å²) >= 11 is 0. The van der Waals surface area contributed by atoms with E-state index < -0.39 is 0 Å². The zero-order valence-electron chi connectivity index (χ0n) is 11.8. The lowest BCUT2D eigenvalue weighted by molar-refractivity contribution is 0.314. The highest BCUT2D eigenvalue weighted by Gasteiger charge is 2.00. The predicted octanol–water partition coefficient (Wildman–Crippen LogP) is 3.40. The second-order valence-corrected chi connectivity index (χ2v) is 4.83. The minimum Gasteiger partial charge on any atom is -0.492 e. The molecule has 0 saturated carbocycles. The topological polar surface area (TPSA) is 34.1 Å². The Labute approximate surface area is 124 Å². The summed E-state index contributed by atoms with van der Waals surface area (Å²) in [6.45, 7) is 2.29. The molecule has 0 atom stereocenters. The molecule has 0 amide bonds. The van der Waals surface area contributed by atoms with Gasteiger partial charge in [-0.15, -0.1) is 0 Å². The SMILES string of the molecule is c1ccc(OCCNCc2ccnc3ccccc23)cc1. The number of pyridine rings is 1. The zero-order chi connectivity index (χ0) is 14.3. The van der Waals surface area contributed by atoms with Crippen molar-refractivity contribution < 1.29 is 4.74 Å². The summed E-state index contributed by atoms with van der Waals surface area (Å²) in [5.41, 5.74) is 2.30. The van der Waals surface area contributed by atoms with Gasteiger partial charge in [-0.25, -0.2) is 0 Å². The first-order valence-corrected chi connectivity index (χ1v) is 7.15. The Bertz CT molecular complexity index is 692. The molecule has 0 saturated heterocycles. The van der Waals surface area contributed by atoms with Crippen molar-refractivity contribution in [3.63, 3.8) is 0 Å². The van der Waals surface area contributed by atoms with Gasteiger partial charge in [-0.1, -0.05) is 36.4 Å². The number of fused-ring (bicyclic) bond motifs is 1. The van der Waals surface area contributed by atoms with Gasteiger partial charge in [-0.3, -0.25) is 4.98 Å². The molecule has 0 unspecified atom stereocenters. The van der Waals surface area contributed by atoms with Crippen LogP contribution in [0, 0.1) is 0 Å². The lowest BCUT2D eigenvalue weighted by Gasteiger charge is -2.09. The van der Waals surface area contributed by atoms with Gasteiger partial charge in [0.15, 0.2) is 0 Å². The highest BCUT2D eigenvalue weighted by atomic mass is 16.5. The smallest absolute Gasteiger partial charge is 0.119 e. The van der Waals surface area contributed by atoms with E-state index in [-0.39, 0.29) is 0 Å². The lowest BCUT2D eigenvalue weighted by atomic mass is 10.1. The molecule has 1 heterocycles. The van der Waals surface area contributed by atoms with Gasteiger partial charge >= 0.3 is 0 Å². The molecule has 0 aliphatic heterocycles. The Kier molecular flexibility index (Phi) is 4.44. The summed E-state index contributed by atoms with van der Waals surface area (Å²) < 4.78 is 5.66. The number of ether oxygens (including phenoxy) is 1. The number of rotatable bonds is 6. The van der Waals surface area contributed by atoms with Crippen LogP contribution in [0.15, 0.2) is 66.9 Å². The third-order valence-corrected chi connectivity index (χ3v) is 3.35. The summed E-state index contributed by atoms with van der Waals surface area (Å²) in [6.07, 6.45) is 1.86.